The molecule has 5 nitrogen and oxygen atoms in total. The van der Waals surface area contributed by atoms with Gasteiger partial charge in [0, 0.05) is 21.6 Å². The Labute approximate surface area is 170 Å². The molecule has 0 atom stereocenters. The van der Waals surface area contributed by atoms with E-state index in [0.29, 0.717) is 27.8 Å². The lowest BCUT2D eigenvalue weighted by molar-refractivity contribution is 0.102. The molecule has 1 N–H and O–H groups in total. The molecule has 1 amide bonds. The van der Waals surface area contributed by atoms with Crippen LogP contribution in [0.4, 0.5) is 5.69 Å². The molecule has 0 fully saturated rings. The van der Waals surface area contributed by atoms with Crippen LogP contribution in [0, 0.1) is 0 Å². The number of rotatable bonds is 6. The number of carbonyl (C=O) groups excluding carboxylic acids is 1. The topological polar surface area (TPSA) is 60.5 Å². The molecule has 138 valence electrons. The molecule has 1 aromatic heterocycles. The summed E-state index contributed by atoms with van der Waals surface area (Å²) < 4.78 is 11.5. The standard InChI is InChI=1S/C20H17BrN2O3S/c1-25-14-7-10-17(18(12-14)26-2)23-19(24)16-4-3-11-22-20(16)27-15-8-5-13(21)6-9-15/h3-12H,1-2H3,(H,23,24). The number of amides is 1. The lowest BCUT2D eigenvalue weighted by Gasteiger charge is -2.13. The zero-order valence-corrected chi connectivity index (χ0v) is 17.1. The zero-order valence-electron chi connectivity index (χ0n) is 14.7. The summed E-state index contributed by atoms with van der Waals surface area (Å²) in [6.45, 7) is 0. The van der Waals surface area contributed by atoms with Crippen molar-refractivity contribution in [2.24, 2.45) is 0 Å². The minimum absolute atomic E-state index is 0.258. The molecule has 2 aromatic carbocycles. The van der Waals surface area contributed by atoms with E-state index >= 15 is 0 Å². The maximum absolute atomic E-state index is 12.8. The van der Waals surface area contributed by atoms with Crippen molar-refractivity contribution in [2.45, 2.75) is 9.92 Å². The molecule has 7 heteroatoms. The molecule has 0 spiro atoms. The van der Waals surface area contributed by atoms with Crippen molar-refractivity contribution in [1.29, 1.82) is 0 Å². The van der Waals surface area contributed by atoms with Crippen LogP contribution in [0.15, 0.2) is 75.2 Å². The van der Waals surface area contributed by atoms with Gasteiger partial charge in [-0.15, -0.1) is 0 Å². The van der Waals surface area contributed by atoms with Gasteiger partial charge >= 0.3 is 0 Å². The van der Waals surface area contributed by atoms with E-state index in [9.17, 15) is 4.79 Å². The zero-order chi connectivity index (χ0) is 19.2. The highest BCUT2D eigenvalue weighted by atomic mass is 79.9. The van der Waals surface area contributed by atoms with Gasteiger partial charge in [0.25, 0.3) is 5.91 Å². The van der Waals surface area contributed by atoms with E-state index in [4.69, 9.17) is 9.47 Å². The quantitative estimate of drug-likeness (QED) is 0.561. The predicted molar refractivity (Wildman–Crippen MR) is 110 cm³/mol. The van der Waals surface area contributed by atoms with E-state index in [2.05, 4.69) is 26.2 Å². The molecule has 0 saturated carbocycles. The van der Waals surface area contributed by atoms with E-state index in [1.807, 2.05) is 24.3 Å². The van der Waals surface area contributed by atoms with Crippen LogP contribution in [0.1, 0.15) is 10.4 Å². The first-order valence-electron chi connectivity index (χ1n) is 8.02. The van der Waals surface area contributed by atoms with Gasteiger partial charge in [-0.25, -0.2) is 4.98 Å². The molecule has 0 bridgehead atoms. The van der Waals surface area contributed by atoms with Crippen molar-refractivity contribution >= 4 is 39.3 Å². The van der Waals surface area contributed by atoms with Gasteiger partial charge in [-0.2, -0.15) is 0 Å². The first-order chi connectivity index (χ1) is 13.1. The number of hydrogen-bond donors (Lipinski definition) is 1. The number of methoxy groups -OCH3 is 2. The Balaban J connectivity index is 1.84. The summed E-state index contributed by atoms with van der Waals surface area (Å²) in [5.41, 5.74) is 1.05. The van der Waals surface area contributed by atoms with Crippen molar-refractivity contribution < 1.29 is 14.3 Å². The van der Waals surface area contributed by atoms with E-state index in [1.54, 1.807) is 50.7 Å². The Morgan fingerprint density at radius 1 is 1.07 bits per heavy atom. The molecule has 1 heterocycles. The van der Waals surface area contributed by atoms with Gasteiger partial charge in [0.15, 0.2) is 0 Å². The Morgan fingerprint density at radius 2 is 1.85 bits per heavy atom. The third kappa shape index (κ3) is 4.81. The predicted octanol–water partition coefficient (Wildman–Crippen LogP) is 5.26. The summed E-state index contributed by atoms with van der Waals surface area (Å²) in [6.07, 6.45) is 1.67. The average Bonchev–Trinajstić information content (AvgIpc) is 2.70. The summed E-state index contributed by atoms with van der Waals surface area (Å²) in [4.78, 5) is 18.2. The fourth-order valence-electron chi connectivity index (χ4n) is 2.35. The molecule has 3 aromatic rings. The number of ether oxygens (including phenoxy) is 2. The Hall–Kier alpha value is -2.51. The van der Waals surface area contributed by atoms with Crippen LogP contribution >= 0.6 is 27.7 Å². The third-order valence-corrected chi connectivity index (χ3v) is 5.26. The number of nitrogens with one attached hydrogen (secondary N) is 1. The number of benzene rings is 2. The van der Waals surface area contributed by atoms with Gasteiger partial charge < -0.3 is 14.8 Å². The fraction of sp³-hybridized carbons (Fsp3) is 0.100. The van der Waals surface area contributed by atoms with Gasteiger partial charge in [0.2, 0.25) is 0 Å². The van der Waals surface area contributed by atoms with Crippen LogP contribution in [0.25, 0.3) is 0 Å². The van der Waals surface area contributed by atoms with Crippen LogP contribution in [0.3, 0.4) is 0 Å². The van der Waals surface area contributed by atoms with Crippen molar-refractivity contribution in [3.05, 3.63) is 70.8 Å². The molecule has 0 unspecified atom stereocenters. The second-order valence-electron chi connectivity index (χ2n) is 5.43. The van der Waals surface area contributed by atoms with Gasteiger partial charge in [-0.05, 0) is 48.5 Å². The first kappa shape index (κ1) is 19.3. The Bertz CT molecular complexity index is 948. The van der Waals surface area contributed by atoms with E-state index < -0.39 is 0 Å². The second kappa shape index (κ2) is 8.92. The Morgan fingerprint density at radius 3 is 2.56 bits per heavy atom. The molecule has 0 aliphatic carbocycles. The number of anilines is 1. The van der Waals surface area contributed by atoms with Crippen molar-refractivity contribution in [3.8, 4) is 11.5 Å². The van der Waals surface area contributed by atoms with Crippen molar-refractivity contribution in [3.63, 3.8) is 0 Å². The number of hydrogen-bond acceptors (Lipinski definition) is 5. The monoisotopic (exact) mass is 444 g/mol. The van der Waals surface area contributed by atoms with Crippen molar-refractivity contribution in [1.82, 2.24) is 4.98 Å². The minimum Gasteiger partial charge on any atom is -0.497 e. The molecular formula is C20H17BrN2O3S. The molecule has 0 aliphatic rings. The molecule has 0 aliphatic heterocycles. The van der Waals surface area contributed by atoms with Gasteiger partial charge in [0.1, 0.15) is 16.5 Å². The Kier molecular flexibility index (Phi) is 6.36. The van der Waals surface area contributed by atoms with E-state index in [1.165, 1.54) is 11.8 Å². The van der Waals surface area contributed by atoms with E-state index in [-0.39, 0.29) is 5.91 Å². The normalized spacial score (nSPS) is 10.3. The lowest BCUT2D eigenvalue weighted by atomic mass is 10.2. The number of pyridine rings is 1. The summed E-state index contributed by atoms with van der Waals surface area (Å²) >= 11 is 4.85. The summed E-state index contributed by atoms with van der Waals surface area (Å²) in [5.74, 6) is 0.914. The molecular weight excluding hydrogens is 428 g/mol. The lowest BCUT2D eigenvalue weighted by Crippen LogP contribution is -2.14. The SMILES string of the molecule is COc1ccc(NC(=O)c2cccnc2Sc2ccc(Br)cc2)c(OC)c1. The van der Waals surface area contributed by atoms with Crippen LogP contribution in [-0.4, -0.2) is 25.1 Å². The molecule has 3 rings (SSSR count). The van der Waals surface area contributed by atoms with Crippen LogP contribution < -0.4 is 14.8 Å². The molecule has 0 saturated heterocycles. The third-order valence-electron chi connectivity index (χ3n) is 3.70. The smallest absolute Gasteiger partial charge is 0.258 e. The highest BCUT2D eigenvalue weighted by Gasteiger charge is 2.16. The van der Waals surface area contributed by atoms with Gasteiger partial charge in [-0.1, -0.05) is 27.7 Å². The second-order valence-corrected chi connectivity index (χ2v) is 7.41. The van der Waals surface area contributed by atoms with E-state index in [0.717, 1.165) is 9.37 Å². The summed E-state index contributed by atoms with van der Waals surface area (Å²) in [6, 6.07) is 16.6. The highest BCUT2D eigenvalue weighted by Crippen LogP contribution is 2.32. The minimum atomic E-state index is -0.258. The number of nitrogens with zero attached hydrogens (tertiary/aromatic N) is 1. The van der Waals surface area contributed by atoms with Crippen molar-refractivity contribution in [2.75, 3.05) is 19.5 Å². The van der Waals surface area contributed by atoms with Crippen LogP contribution in [0.5, 0.6) is 11.5 Å². The first-order valence-corrected chi connectivity index (χ1v) is 9.63. The van der Waals surface area contributed by atoms with Gasteiger partial charge in [0.05, 0.1) is 25.5 Å². The van der Waals surface area contributed by atoms with Gasteiger partial charge in [-0.3, -0.25) is 4.79 Å². The fourth-order valence-corrected chi connectivity index (χ4v) is 3.49. The number of halogens is 1. The maximum Gasteiger partial charge on any atom is 0.258 e. The summed E-state index contributed by atoms with van der Waals surface area (Å²) in [5, 5.41) is 3.51. The summed E-state index contributed by atoms with van der Waals surface area (Å²) in [7, 11) is 3.12. The number of carbonyl (C=O) groups is 1. The highest BCUT2D eigenvalue weighted by molar-refractivity contribution is 9.10. The largest absolute Gasteiger partial charge is 0.497 e. The molecule has 27 heavy (non-hydrogen) atoms. The number of aromatic nitrogens is 1. The van der Waals surface area contributed by atoms with Crippen LogP contribution in [0.2, 0.25) is 0 Å². The molecule has 0 radical (unpaired) electrons. The van der Waals surface area contributed by atoms with Crippen LogP contribution in [-0.2, 0) is 0 Å². The maximum atomic E-state index is 12.8. The average molecular weight is 445 g/mol.